The summed E-state index contributed by atoms with van der Waals surface area (Å²) < 4.78 is 0. The minimum Gasteiger partial charge on any atom is -0.353 e. The van der Waals surface area contributed by atoms with Crippen LogP contribution < -0.4 is 16.4 Å². The normalized spacial score (nSPS) is 19.4. The summed E-state index contributed by atoms with van der Waals surface area (Å²) in [5, 5.41) is 6.46. The SMILES string of the molecule is Cl.NCC1CCCC1NC(=O)CCCNC(=O)c1ccc(Cl)cc1. The van der Waals surface area contributed by atoms with E-state index in [-0.39, 0.29) is 30.3 Å². The largest absolute Gasteiger partial charge is 0.353 e. The first-order chi connectivity index (χ1) is 11.1. The van der Waals surface area contributed by atoms with Crippen molar-refractivity contribution in [1.82, 2.24) is 10.6 Å². The number of carbonyl (C=O) groups is 2. The molecule has 2 atom stereocenters. The van der Waals surface area contributed by atoms with Gasteiger partial charge in [-0.25, -0.2) is 0 Å². The Bertz CT molecular complexity index is 537. The van der Waals surface area contributed by atoms with Gasteiger partial charge in [-0.2, -0.15) is 0 Å². The number of halogens is 2. The fraction of sp³-hybridized carbons (Fsp3) is 0.529. The molecule has 0 bridgehead atoms. The Hall–Kier alpha value is -1.30. The molecular weight excluding hydrogens is 349 g/mol. The second-order valence-corrected chi connectivity index (χ2v) is 6.40. The molecule has 1 aliphatic rings. The molecule has 134 valence electrons. The zero-order chi connectivity index (χ0) is 16.7. The van der Waals surface area contributed by atoms with Crippen molar-refractivity contribution in [2.45, 2.75) is 38.1 Å². The van der Waals surface area contributed by atoms with Gasteiger partial charge in [-0.05, 0) is 56.0 Å². The maximum Gasteiger partial charge on any atom is 0.251 e. The summed E-state index contributed by atoms with van der Waals surface area (Å²) in [5.41, 5.74) is 6.28. The van der Waals surface area contributed by atoms with E-state index in [9.17, 15) is 9.59 Å². The predicted octanol–water partition coefficient (Wildman–Crippen LogP) is 2.52. The highest BCUT2D eigenvalue weighted by Gasteiger charge is 2.26. The summed E-state index contributed by atoms with van der Waals surface area (Å²) in [7, 11) is 0. The quantitative estimate of drug-likeness (QED) is 0.642. The molecule has 0 spiro atoms. The maximum atomic E-state index is 11.9. The van der Waals surface area contributed by atoms with Crippen LogP contribution in [-0.4, -0.2) is 30.9 Å². The number of benzene rings is 1. The van der Waals surface area contributed by atoms with Gasteiger partial charge in [-0.3, -0.25) is 9.59 Å². The Morgan fingerprint density at radius 3 is 2.58 bits per heavy atom. The average Bonchev–Trinajstić information content (AvgIpc) is 2.99. The first-order valence-electron chi connectivity index (χ1n) is 8.13. The third-order valence-corrected chi connectivity index (χ3v) is 4.53. The highest BCUT2D eigenvalue weighted by molar-refractivity contribution is 6.30. The molecule has 1 aromatic rings. The lowest BCUT2D eigenvalue weighted by Gasteiger charge is -2.19. The molecule has 0 aromatic heterocycles. The van der Waals surface area contributed by atoms with Gasteiger partial charge in [0.1, 0.15) is 0 Å². The van der Waals surface area contributed by atoms with Crippen molar-refractivity contribution >= 4 is 35.8 Å². The number of nitrogens with one attached hydrogen (secondary N) is 2. The van der Waals surface area contributed by atoms with Crippen molar-refractivity contribution in [1.29, 1.82) is 0 Å². The number of hydrogen-bond acceptors (Lipinski definition) is 3. The van der Waals surface area contributed by atoms with E-state index in [0.717, 1.165) is 19.3 Å². The second kappa shape index (κ2) is 10.5. The maximum absolute atomic E-state index is 11.9. The summed E-state index contributed by atoms with van der Waals surface area (Å²) >= 11 is 5.78. The molecule has 1 saturated carbocycles. The zero-order valence-electron chi connectivity index (χ0n) is 13.6. The van der Waals surface area contributed by atoms with E-state index < -0.39 is 0 Å². The molecule has 0 saturated heterocycles. The van der Waals surface area contributed by atoms with Crippen molar-refractivity contribution in [3.63, 3.8) is 0 Å². The van der Waals surface area contributed by atoms with Crippen molar-refractivity contribution in [3.8, 4) is 0 Å². The number of amides is 2. The lowest BCUT2D eigenvalue weighted by molar-refractivity contribution is -0.122. The van der Waals surface area contributed by atoms with Gasteiger partial charge in [-0.15, -0.1) is 12.4 Å². The Balaban J connectivity index is 0.00000288. The van der Waals surface area contributed by atoms with E-state index in [4.69, 9.17) is 17.3 Å². The minimum absolute atomic E-state index is 0. The first kappa shape index (κ1) is 20.7. The molecule has 1 fully saturated rings. The fourth-order valence-corrected chi connectivity index (χ4v) is 3.07. The molecule has 2 amide bonds. The van der Waals surface area contributed by atoms with Gasteiger partial charge in [0.2, 0.25) is 5.91 Å². The van der Waals surface area contributed by atoms with Crippen LogP contribution >= 0.6 is 24.0 Å². The predicted molar refractivity (Wildman–Crippen MR) is 98.6 cm³/mol. The number of rotatable bonds is 7. The molecular formula is C17H25Cl2N3O2. The Kier molecular flexibility index (Phi) is 9.11. The fourth-order valence-electron chi connectivity index (χ4n) is 2.94. The van der Waals surface area contributed by atoms with Crippen molar-refractivity contribution in [2.24, 2.45) is 11.7 Å². The smallest absolute Gasteiger partial charge is 0.251 e. The van der Waals surface area contributed by atoms with Crippen LogP contribution in [0.2, 0.25) is 5.02 Å². The zero-order valence-corrected chi connectivity index (χ0v) is 15.2. The second-order valence-electron chi connectivity index (χ2n) is 5.97. The van der Waals surface area contributed by atoms with Gasteiger partial charge in [-0.1, -0.05) is 18.0 Å². The molecule has 0 radical (unpaired) electrons. The summed E-state index contributed by atoms with van der Waals surface area (Å²) in [5.74, 6) is 0.292. The van der Waals surface area contributed by atoms with Crippen LogP contribution in [0.1, 0.15) is 42.5 Å². The van der Waals surface area contributed by atoms with E-state index >= 15 is 0 Å². The van der Waals surface area contributed by atoms with E-state index in [1.165, 1.54) is 0 Å². The Morgan fingerprint density at radius 2 is 1.92 bits per heavy atom. The van der Waals surface area contributed by atoms with Crippen LogP contribution in [0.5, 0.6) is 0 Å². The lowest BCUT2D eigenvalue weighted by atomic mass is 10.0. The van der Waals surface area contributed by atoms with E-state index in [0.29, 0.717) is 42.4 Å². The summed E-state index contributed by atoms with van der Waals surface area (Å²) in [6.07, 6.45) is 4.27. The average molecular weight is 374 g/mol. The van der Waals surface area contributed by atoms with Crippen LogP contribution in [0, 0.1) is 5.92 Å². The molecule has 1 aliphatic carbocycles. The Morgan fingerprint density at radius 1 is 1.21 bits per heavy atom. The number of hydrogen-bond donors (Lipinski definition) is 3. The molecule has 24 heavy (non-hydrogen) atoms. The van der Waals surface area contributed by atoms with Crippen LogP contribution in [0.4, 0.5) is 0 Å². The third-order valence-electron chi connectivity index (χ3n) is 4.28. The lowest BCUT2D eigenvalue weighted by Crippen LogP contribution is -2.40. The summed E-state index contributed by atoms with van der Waals surface area (Å²) in [6.45, 7) is 1.10. The van der Waals surface area contributed by atoms with Crippen LogP contribution in [0.15, 0.2) is 24.3 Å². The highest BCUT2D eigenvalue weighted by atomic mass is 35.5. The van der Waals surface area contributed by atoms with Gasteiger partial charge in [0.05, 0.1) is 0 Å². The van der Waals surface area contributed by atoms with Gasteiger partial charge < -0.3 is 16.4 Å². The van der Waals surface area contributed by atoms with Crippen molar-refractivity contribution in [3.05, 3.63) is 34.9 Å². The van der Waals surface area contributed by atoms with Crippen LogP contribution in [-0.2, 0) is 4.79 Å². The molecule has 7 heteroatoms. The summed E-state index contributed by atoms with van der Waals surface area (Å²) in [4.78, 5) is 23.8. The third kappa shape index (κ3) is 6.30. The van der Waals surface area contributed by atoms with Crippen molar-refractivity contribution in [2.75, 3.05) is 13.1 Å². The topological polar surface area (TPSA) is 84.2 Å². The standard InChI is InChI=1S/C17H24ClN3O2.ClH/c18-14-8-6-12(7-9-14)17(23)20-10-2-5-16(22)21-15-4-1-3-13(15)11-19;/h6-9,13,15H,1-5,10-11,19H2,(H,20,23)(H,21,22);1H. The number of carbonyl (C=O) groups excluding carboxylic acids is 2. The highest BCUT2D eigenvalue weighted by Crippen LogP contribution is 2.24. The molecule has 0 aliphatic heterocycles. The molecule has 1 aromatic carbocycles. The van der Waals surface area contributed by atoms with E-state index in [1.54, 1.807) is 24.3 Å². The van der Waals surface area contributed by atoms with Gasteiger partial charge in [0.15, 0.2) is 0 Å². The summed E-state index contributed by atoms with van der Waals surface area (Å²) in [6, 6.07) is 6.93. The number of nitrogens with two attached hydrogens (primary N) is 1. The molecule has 0 heterocycles. The van der Waals surface area contributed by atoms with E-state index in [2.05, 4.69) is 10.6 Å². The molecule has 2 unspecified atom stereocenters. The molecule has 2 rings (SSSR count). The van der Waals surface area contributed by atoms with Gasteiger partial charge in [0.25, 0.3) is 5.91 Å². The van der Waals surface area contributed by atoms with Crippen LogP contribution in [0.25, 0.3) is 0 Å². The minimum atomic E-state index is -0.152. The molecule has 5 nitrogen and oxygen atoms in total. The Labute approximate surface area is 154 Å². The van der Waals surface area contributed by atoms with Gasteiger partial charge in [0, 0.05) is 29.6 Å². The van der Waals surface area contributed by atoms with Gasteiger partial charge >= 0.3 is 0 Å². The van der Waals surface area contributed by atoms with Crippen molar-refractivity contribution < 1.29 is 9.59 Å². The monoisotopic (exact) mass is 373 g/mol. The first-order valence-corrected chi connectivity index (χ1v) is 8.51. The molecule has 4 N–H and O–H groups in total. The van der Waals surface area contributed by atoms with E-state index in [1.807, 2.05) is 0 Å². The van der Waals surface area contributed by atoms with Crippen LogP contribution in [0.3, 0.4) is 0 Å².